The number of carbonyl (C=O) groups excluding carboxylic acids is 3. The fourth-order valence-corrected chi connectivity index (χ4v) is 4.09. The number of carbonyl (C=O) groups is 3. The molecule has 1 fully saturated rings. The van der Waals surface area contributed by atoms with E-state index in [1.807, 2.05) is 6.92 Å². The Morgan fingerprint density at radius 2 is 1.54 bits per heavy atom. The number of barbiturate groups is 1. The van der Waals surface area contributed by atoms with Gasteiger partial charge in [-0.05, 0) is 65.6 Å². The molecule has 3 aromatic rings. The molecule has 6 nitrogen and oxygen atoms in total. The predicted molar refractivity (Wildman–Crippen MR) is 132 cm³/mol. The van der Waals surface area contributed by atoms with Crippen LogP contribution in [-0.4, -0.2) is 17.8 Å². The highest BCUT2D eigenvalue weighted by atomic mass is 35.5. The number of urea groups is 1. The van der Waals surface area contributed by atoms with Crippen LogP contribution in [0.5, 0.6) is 5.75 Å². The number of anilines is 1. The summed E-state index contributed by atoms with van der Waals surface area (Å²) in [4.78, 5) is 38.8. The first-order chi connectivity index (χ1) is 16.8. The molecule has 0 aliphatic carbocycles. The molecular weight excluding hydrogens is 494 g/mol. The second-order valence-corrected chi connectivity index (χ2v) is 8.52. The Bertz CT molecular complexity index is 1320. The molecule has 1 saturated heterocycles. The van der Waals surface area contributed by atoms with Crippen LogP contribution in [0.4, 0.5) is 14.9 Å². The largest absolute Gasteiger partial charge is 0.486 e. The van der Waals surface area contributed by atoms with Crippen LogP contribution >= 0.6 is 23.2 Å². The second kappa shape index (κ2) is 10.3. The number of ether oxygens (including phenoxy) is 1. The van der Waals surface area contributed by atoms with Gasteiger partial charge < -0.3 is 4.74 Å². The SMILES string of the molecule is CCc1ccc(N2C(=O)NC(=O)/C(=C/c3cc(Cl)c(OCc4ccc(F)cc4)c(Cl)c3)C2=O)cc1. The summed E-state index contributed by atoms with van der Waals surface area (Å²) in [5.74, 6) is -1.76. The summed E-state index contributed by atoms with van der Waals surface area (Å²) in [5.41, 5.74) is 2.20. The van der Waals surface area contributed by atoms with Gasteiger partial charge in [0.1, 0.15) is 18.0 Å². The van der Waals surface area contributed by atoms with Crippen molar-refractivity contribution < 1.29 is 23.5 Å². The summed E-state index contributed by atoms with van der Waals surface area (Å²) in [6, 6.07) is 14.8. The van der Waals surface area contributed by atoms with E-state index in [1.165, 1.54) is 30.3 Å². The van der Waals surface area contributed by atoms with Crippen LogP contribution in [0.25, 0.3) is 6.08 Å². The summed E-state index contributed by atoms with van der Waals surface area (Å²) in [6.07, 6.45) is 2.11. The minimum atomic E-state index is -0.831. The summed E-state index contributed by atoms with van der Waals surface area (Å²) in [7, 11) is 0. The Balaban J connectivity index is 1.59. The van der Waals surface area contributed by atoms with Crippen LogP contribution in [0.2, 0.25) is 10.0 Å². The van der Waals surface area contributed by atoms with E-state index in [2.05, 4.69) is 5.32 Å². The maximum Gasteiger partial charge on any atom is 0.335 e. The predicted octanol–water partition coefficient (Wildman–Crippen LogP) is 5.94. The molecule has 0 unspecified atom stereocenters. The average molecular weight is 513 g/mol. The zero-order valence-corrected chi connectivity index (χ0v) is 20.0. The fourth-order valence-electron chi connectivity index (χ4n) is 3.48. The Hall–Kier alpha value is -3.68. The number of amides is 4. The molecule has 4 rings (SSSR count). The summed E-state index contributed by atoms with van der Waals surface area (Å²) in [5, 5.41) is 2.48. The standard InChI is InChI=1S/C26H19Cl2FN2O4/c1-2-15-5-9-19(10-6-15)31-25(33)20(24(32)30-26(31)34)11-17-12-21(27)23(22(28)13-17)35-14-16-3-7-18(29)8-4-16/h3-13H,2,14H2,1H3,(H,30,32,34)/b20-11-. The van der Waals surface area contributed by atoms with Crippen molar-refractivity contribution in [3.63, 3.8) is 0 Å². The first-order valence-electron chi connectivity index (χ1n) is 10.6. The van der Waals surface area contributed by atoms with E-state index in [4.69, 9.17) is 27.9 Å². The Morgan fingerprint density at radius 1 is 0.943 bits per heavy atom. The quantitative estimate of drug-likeness (QED) is 0.327. The van der Waals surface area contributed by atoms with Gasteiger partial charge in [0.25, 0.3) is 11.8 Å². The first kappa shape index (κ1) is 24.4. The molecule has 0 radical (unpaired) electrons. The van der Waals surface area contributed by atoms with Crippen molar-refractivity contribution in [1.82, 2.24) is 5.32 Å². The highest BCUT2D eigenvalue weighted by Crippen LogP contribution is 2.36. The molecule has 4 amide bonds. The number of benzene rings is 3. The average Bonchev–Trinajstić information content (AvgIpc) is 2.82. The van der Waals surface area contributed by atoms with Gasteiger partial charge in [-0.1, -0.05) is 54.4 Å². The number of nitrogens with one attached hydrogen (secondary N) is 1. The van der Waals surface area contributed by atoms with Crippen molar-refractivity contribution in [3.8, 4) is 5.75 Å². The third-order valence-electron chi connectivity index (χ3n) is 5.33. The van der Waals surface area contributed by atoms with Gasteiger partial charge >= 0.3 is 6.03 Å². The lowest BCUT2D eigenvalue weighted by Crippen LogP contribution is -2.54. The Kier molecular flexibility index (Phi) is 7.19. The lowest BCUT2D eigenvalue weighted by atomic mass is 10.1. The lowest BCUT2D eigenvalue weighted by molar-refractivity contribution is -0.122. The van der Waals surface area contributed by atoms with Crippen molar-refractivity contribution in [1.29, 1.82) is 0 Å². The van der Waals surface area contributed by atoms with Crippen molar-refractivity contribution in [2.75, 3.05) is 4.90 Å². The molecule has 0 saturated carbocycles. The normalized spacial score (nSPS) is 14.9. The van der Waals surface area contributed by atoms with Crippen LogP contribution in [0.1, 0.15) is 23.6 Å². The topological polar surface area (TPSA) is 75.7 Å². The van der Waals surface area contributed by atoms with Crippen LogP contribution in [0.3, 0.4) is 0 Å². The molecule has 1 aliphatic heterocycles. The van der Waals surface area contributed by atoms with E-state index in [0.29, 0.717) is 16.8 Å². The fraction of sp³-hybridized carbons (Fsp3) is 0.115. The Morgan fingerprint density at radius 3 is 2.14 bits per heavy atom. The number of rotatable bonds is 6. The molecule has 178 valence electrons. The lowest BCUT2D eigenvalue weighted by Gasteiger charge is -2.26. The van der Waals surface area contributed by atoms with Gasteiger partial charge in [-0.2, -0.15) is 0 Å². The maximum atomic E-state index is 13.1. The molecule has 3 aromatic carbocycles. The number of halogens is 3. The molecule has 1 heterocycles. The first-order valence-corrected chi connectivity index (χ1v) is 11.4. The Labute approximate surface area is 210 Å². The number of hydrogen-bond acceptors (Lipinski definition) is 4. The second-order valence-electron chi connectivity index (χ2n) is 7.71. The van der Waals surface area contributed by atoms with Crippen molar-refractivity contribution in [2.45, 2.75) is 20.0 Å². The van der Waals surface area contributed by atoms with Crippen molar-refractivity contribution in [3.05, 3.63) is 98.8 Å². The van der Waals surface area contributed by atoms with Gasteiger partial charge in [-0.3, -0.25) is 14.9 Å². The van der Waals surface area contributed by atoms with Crippen molar-refractivity contribution in [2.24, 2.45) is 0 Å². The zero-order valence-electron chi connectivity index (χ0n) is 18.5. The molecule has 0 spiro atoms. The molecule has 1 aliphatic rings. The van der Waals surface area contributed by atoms with E-state index in [1.54, 1.807) is 36.4 Å². The minimum Gasteiger partial charge on any atom is -0.486 e. The minimum absolute atomic E-state index is 0.106. The molecule has 0 bridgehead atoms. The highest BCUT2D eigenvalue weighted by Gasteiger charge is 2.36. The van der Waals surface area contributed by atoms with Gasteiger partial charge in [0, 0.05) is 0 Å². The van der Waals surface area contributed by atoms with Gasteiger partial charge in [0.2, 0.25) is 0 Å². The third-order valence-corrected chi connectivity index (χ3v) is 5.89. The van der Waals surface area contributed by atoms with Crippen molar-refractivity contribution >= 4 is 52.8 Å². The van der Waals surface area contributed by atoms with Gasteiger partial charge in [-0.25, -0.2) is 14.1 Å². The number of imide groups is 2. The number of hydrogen-bond donors (Lipinski definition) is 1. The van der Waals surface area contributed by atoms with Crippen LogP contribution in [-0.2, 0) is 22.6 Å². The molecule has 1 N–H and O–H groups in total. The van der Waals surface area contributed by atoms with Gasteiger partial charge in [0.15, 0.2) is 5.75 Å². The third kappa shape index (κ3) is 5.37. The summed E-state index contributed by atoms with van der Waals surface area (Å²) in [6.45, 7) is 2.09. The molecule has 9 heteroatoms. The molecule has 0 aromatic heterocycles. The molecular formula is C26H19Cl2FN2O4. The van der Waals surface area contributed by atoms with Crippen LogP contribution in [0.15, 0.2) is 66.2 Å². The van der Waals surface area contributed by atoms with E-state index >= 15 is 0 Å². The monoisotopic (exact) mass is 512 g/mol. The van der Waals surface area contributed by atoms with E-state index in [9.17, 15) is 18.8 Å². The van der Waals surface area contributed by atoms with E-state index in [-0.39, 0.29) is 33.8 Å². The number of aryl methyl sites for hydroxylation is 1. The number of nitrogens with zero attached hydrogens (tertiary/aromatic N) is 1. The summed E-state index contributed by atoms with van der Waals surface area (Å²) < 4.78 is 18.8. The smallest absolute Gasteiger partial charge is 0.335 e. The zero-order chi connectivity index (χ0) is 25.1. The van der Waals surface area contributed by atoms with Crippen LogP contribution < -0.4 is 15.0 Å². The highest BCUT2D eigenvalue weighted by molar-refractivity contribution is 6.40. The van der Waals surface area contributed by atoms with Crippen LogP contribution in [0, 0.1) is 5.82 Å². The maximum absolute atomic E-state index is 13.1. The summed E-state index contributed by atoms with van der Waals surface area (Å²) >= 11 is 12.7. The van der Waals surface area contributed by atoms with E-state index < -0.39 is 17.8 Å². The van der Waals surface area contributed by atoms with Gasteiger partial charge in [0.05, 0.1) is 15.7 Å². The van der Waals surface area contributed by atoms with Gasteiger partial charge in [-0.15, -0.1) is 0 Å². The molecule has 35 heavy (non-hydrogen) atoms. The van der Waals surface area contributed by atoms with E-state index in [0.717, 1.165) is 16.9 Å². The molecule has 0 atom stereocenters.